The highest BCUT2D eigenvalue weighted by Crippen LogP contribution is 2.26. The molecule has 0 unspecified atom stereocenters. The van der Waals surface area contributed by atoms with Crippen LogP contribution in [0.4, 0.5) is 5.95 Å². The van der Waals surface area contributed by atoms with Crippen molar-refractivity contribution in [2.24, 2.45) is 0 Å². The van der Waals surface area contributed by atoms with Gasteiger partial charge in [0.05, 0.1) is 5.69 Å². The average Bonchev–Trinajstić information content (AvgIpc) is 2.85. The van der Waals surface area contributed by atoms with Crippen LogP contribution in [0.2, 0.25) is 0 Å². The average molecular weight is 266 g/mol. The number of rotatable bonds is 2. The summed E-state index contributed by atoms with van der Waals surface area (Å²) < 4.78 is 3.84. The lowest BCUT2D eigenvalue weighted by Gasteiger charge is -2.15. The van der Waals surface area contributed by atoms with Crippen molar-refractivity contribution in [2.45, 2.75) is 33.1 Å². The van der Waals surface area contributed by atoms with Crippen molar-refractivity contribution in [3.8, 4) is 0 Å². The first-order chi connectivity index (χ1) is 8.38. The highest BCUT2D eigenvalue weighted by molar-refractivity contribution is 7.08. The monoisotopic (exact) mass is 266 g/mol. The van der Waals surface area contributed by atoms with Gasteiger partial charge in [-0.3, -0.25) is 15.2 Å². The number of carbonyl (C=O) groups excluding carboxylic acids is 1. The highest BCUT2D eigenvalue weighted by Gasteiger charge is 2.26. The van der Waals surface area contributed by atoms with Crippen LogP contribution in [-0.2, 0) is 5.41 Å². The highest BCUT2D eigenvalue weighted by atomic mass is 32.1. The normalized spacial score (nSPS) is 11.6. The molecule has 0 aliphatic heterocycles. The van der Waals surface area contributed by atoms with Crippen molar-refractivity contribution in [1.29, 1.82) is 0 Å². The zero-order valence-electron chi connectivity index (χ0n) is 10.6. The van der Waals surface area contributed by atoms with Gasteiger partial charge in [0.1, 0.15) is 10.7 Å². The van der Waals surface area contributed by atoms with Crippen LogP contribution in [0.25, 0.3) is 0 Å². The summed E-state index contributed by atoms with van der Waals surface area (Å²) >= 11 is 1.07. The van der Waals surface area contributed by atoms with Gasteiger partial charge in [-0.15, -0.1) is 10.2 Å². The summed E-state index contributed by atoms with van der Waals surface area (Å²) in [4.78, 5) is 16.6. The fourth-order valence-electron chi connectivity index (χ4n) is 1.39. The van der Waals surface area contributed by atoms with Crippen molar-refractivity contribution in [1.82, 2.24) is 24.8 Å². The minimum absolute atomic E-state index is 0.228. The van der Waals surface area contributed by atoms with E-state index >= 15 is 0 Å². The van der Waals surface area contributed by atoms with Crippen molar-refractivity contribution in [2.75, 3.05) is 5.32 Å². The molecular formula is C10H14N6OS. The van der Waals surface area contributed by atoms with E-state index in [0.29, 0.717) is 16.4 Å². The number of carbonyl (C=O) groups is 1. The Hall–Kier alpha value is -1.83. The van der Waals surface area contributed by atoms with Crippen molar-refractivity contribution in [3.05, 3.63) is 16.4 Å². The van der Waals surface area contributed by atoms with Gasteiger partial charge < -0.3 is 0 Å². The number of hydrogen-bond acceptors (Lipinski definition) is 6. The summed E-state index contributed by atoms with van der Waals surface area (Å²) in [6, 6.07) is 0. The molecule has 2 N–H and O–H groups in total. The predicted molar refractivity (Wildman–Crippen MR) is 67.7 cm³/mol. The SMILES string of the molecule is Cc1nc(NC(=O)c2snnc2C(C)(C)C)n[nH]1. The lowest BCUT2D eigenvalue weighted by Crippen LogP contribution is -2.20. The molecule has 0 saturated carbocycles. The molecule has 0 atom stereocenters. The third-order valence-electron chi connectivity index (χ3n) is 2.23. The Morgan fingerprint density at radius 1 is 1.39 bits per heavy atom. The topological polar surface area (TPSA) is 96.5 Å². The van der Waals surface area contributed by atoms with Crippen molar-refractivity contribution < 1.29 is 4.79 Å². The number of aryl methyl sites for hydroxylation is 1. The Balaban J connectivity index is 2.22. The Morgan fingerprint density at radius 2 is 2.11 bits per heavy atom. The number of nitrogens with one attached hydrogen (secondary N) is 2. The maximum absolute atomic E-state index is 12.1. The molecule has 0 aliphatic carbocycles. The van der Waals surface area contributed by atoms with E-state index < -0.39 is 0 Å². The minimum Gasteiger partial charge on any atom is -0.288 e. The van der Waals surface area contributed by atoms with E-state index in [4.69, 9.17) is 0 Å². The third-order valence-corrected chi connectivity index (χ3v) is 2.95. The Labute approximate surface area is 108 Å². The third kappa shape index (κ3) is 2.53. The van der Waals surface area contributed by atoms with Gasteiger partial charge >= 0.3 is 0 Å². The molecule has 8 heteroatoms. The van der Waals surface area contributed by atoms with E-state index in [9.17, 15) is 4.79 Å². The molecule has 2 aromatic heterocycles. The summed E-state index contributed by atoms with van der Waals surface area (Å²) in [6.07, 6.45) is 0. The fraction of sp³-hybridized carbons (Fsp3) is 0.500. The maximum Gasteiger partial charge on any atom is 0.271 e. The molecule has 2 aromatic rings. The molecule has 2 rings (SSSR count). The summed E-state index contributed by atoms with van der Waals surface area (Å²) in [6.45, 7) is 7.71. The van der Waals surface area contributed by atoms with Crippen LogP contribution in [0.3, 0.4) is 0 Å². The molecule has 1 amide bonds. The van der Waals surface area contributed by atoms with Gasteiger partial charge in [0.2, 0.25) is 5.95 Å². The van der Waals surface area contributed by atoms with E-state index in [1.54, 1.807) is 6.92 Å². The first kappa shape index (κ1) is 12.6. The van der Waals surface area contributed by atoms with E-state index in [1.807, 2.05) is 20.8 Å². The molecule has 0 spiro atoms. The minimum atomic E-state index is -0.283. The zero-order chi connectivity index (χ0) is 13.3. The Bertz CT molecular complexity index is 567. The Morgan fingerprint density at radius 3 is 2.67 bits per heavy atom. The Kier molecular flexibility index (Phi) is 3.12. The first-order valence-electron chi connectivity index (χ1n) is 5.41. The number of aromatic amines is 1. The van der Waals surface area contributed by atoms with Crippen LogP contribution in [0.15, 0.2) is 0 Å². The molecule has 0 radical (unpaired) electrons. The summed E-state index contributed by atoms with van der Waals surface area (Å²) in [7, 11) is 0. The second-order valence-electron chi connectivity index (χ2n) is 4.90. The number of aromatic nitrogens is 5. The first-order valence-corrected chi connectivity index (χ1v) is 6.18. The van der Waals surface area contributed by atoms with Crippen LogP contribution >= 0.6 is 11.5 Å². The molecular weight excluding hydrogens is 252 g/mol. The number of hydrogen-bond donors (Lipinski definition) is 2. The van der Waals surface area contributed by atoms with Gasteiger partial charge in [0, 0.05) is 5.41 Å². The van der Waals surface area contributed by atoms with E-state index in [-0.39, 0.29) is 17.3 Å². The van der Waals surface area contributed by atoms with Crippen LogP contribution in [0, 0.1) is 6.92 Å². The summed E-state index contributed by atoms with van der Waals surface area (Å²) in [5.74, 6) is 0.614. The zero-order valence-corrected chi connectivity index (χ0v) is 11.4. The summed E-state index contributed by atoms with van der Waals surface area (Å²) in [5, 5.41) is 13.1. The van der Waals surface area contributed by atoms with Gasteiger partial charge in [-0.05, 0) is 18.5 Å². The molecule has 96 valence electrons. The lowest BCUT2D eigenvalue weighted by molar-refractivity contribution is 0.102. The number of amides is 1. The second kappa shape index (κ2) is 4.45. The molecule has 0 bridgehead atoms. The molecule has 0 aliphatic rings. The maximum atomic E-state index is 12.1. The van der Waals surface area contributed by atoms with Gasteiger partial charge in [0.15, 0.2) is 0 Å². The molecule has 0 aromatic carbocycles. The standard InChI is InChI=1S/C10H14N6OS/c1-5-11-9(15-13-5)12-8(17)6-7(10(2,3)4)14-16-18-6/h1-4H3,(H2,11,12,13,15,17). The van der Waals surface area contributed by atoms with Gasteiger partial charge in [0.25, 0.3) is 5.91 Å². The molecule has 0 saturated heterocycles. The van der Waals surface area contributed by atoms with Gasteiger partial charge in [-0.2, -0.15) is 4.98 Å². The summed E-state index contributed by atoms with van der Waals surface area (Å²) in [5.41, 5.74) is 0.450. The van der Waals surface area contributed by atoms with Crippen LogP contribution in [0.5, 0.6) is 0 Å². The van der Waals surface area contributed by atoms with E-state index in [2.05, 4.69) is 30.1 Å². The van der Waals surface area contributed by atoms with Crippen molar-refractivity contribution in [3.63, 3.8) is 0 Å². The van der Waals surface area contributed by atoms with Gasteiger partial charge in [-0.25, -0.2) is 0 Å². The van der Waals surface area contributed by atoms with Crippen LogP contribution < -0.4 is 5.32 Å². The largest absolute Gasteiger partial charge is 0.288 e. The quantitative estimate of drug-likeness (QED) is 0.859. The molecule has 2 heterocycles. The van der Waals surface area contributed by atoms with Crippen LogP contribution in [-0.4, -0.2) is 30.7 Å². The smallest absolute Gasteiger partial charge is 0.271 e. The van der Waals surface area contributed by atoms with E-state index in [0.717, 1.165) is 11.5 Å². The fourth-order valence-corrected chi connectivity index (χ4v) is 2.16. The molecule has 18 heavy (non-hydrogen) atoms. The van der Waals surface area contributed by atoms with Gasteiger partial charge in [-0.1, -0.05) is 25.3 Å². The predicted octanol–water partition coefficient (Wildman–Crippen LogP) is 1.51. The molecule has 0 fully saturated rings. The van der Waals surface area contributed by atoms with E-state index in [1.165, 1.54) is 0 Å². The number of anilines is 1. The van der Waals surface area contributed by atoms with Crippen LogP contribution in [0.1, 0.15) is 42.0 Å². The van der Waals surface area contributed by atoms with Crippen molar-refractivity contribution >= 4 is 23.4 Å². The number of H-pyrrole nitrogens is 1. The second-order valence-corrected chi connectivity index (χ2v) is 5.65. The lowest BCUT2D eigenvalue weighted by atomic mass is 9.91. The molecule has 7 nitrogen and oxygen atoms in total. The number of nitrogens with zero attached hydrogens (tertiary/aromatic N) is 4.